The second kappa shape index (κ2) is 5.89. The van der Waals surface area contributed by atoms with Gasteiger partial charge in [-0.2, -0.15) is 0 Å². The summed E-state index contributed by atoms with van der Waals surface area (Å²) in [4.78, 5) is 0. The van der Waals surface area contributed by atoms with Crippen LogP contribution in [0, 0.1) is 0 Å². The minimum atomic E-state index is 1.09. The van der Waals surface area contributed by atoms with Crippen molar-refractivity contribution in [3.8, 4) is 11.1 Å². The highest BCUT2D eigenvalue weighted by Crippen LogP contribution is 2.41. The molecule has 0 radical (unpaired) electrons. The van der Waals surface area contributed by atoms with Crippen LogP contribution in [0.2, 0.25) is 0 Å². The van der Waals surface area contributed by atoms with E-state index in [0.717, 1.165) is 25.7 Å². The molecule has 2 aromatic carbocycles. The van der Waals surface area contributed by atoms with E-state index in [2.05, 4.69) is 63.2 Å². The standard InChI is InChI=1S/C21H24/c1-4-15(5-2)17(6-3)19-12-9-13-20-18-11-8-7-10-16(18)14-21(19)20/h7-13H,4-6,14H2,1-3H3. The fourth-order valence-corrected chi connectivity index (χ4v) is 3.75. The van der Waals surface area contributed by atoms with Crippen molar-refractivity contribution in [1.29, 1.82) is 0 Å². The minimum Gasteiger partial charge on any atom is -0.0670 e. The lowest BCUT2D eigenvalue weighted by atomic mass is 9.89. The minimum absolute atomic E-state index is 1.09. The molecule has 1 aliphatic rings. The number of fused-ring (bicyclic) bond motifs is 3. The third-order valence-corrected chi connectivity index (χ3v) is 4.81. The molecule has 0 saturated carbocycles. The van der Waals surface area contributed by atoms with Crippen molar-refractivity contribution in [2.24, 2.45) is 0 Å². The first-order valence-electron chi connectivity index (χ1n) is 8.21. The van der Waals surface area contributed by atoms with Gasteiger partial charge in [-0.05, 0) is 59.1 Å². The predicted octanol–water partition coefficient (Wildman–Crippen LogP) is 6.24. The highest BCUT2D eigenvalue weighted by molar-refractivity contribution is 5.84. The molecule has 1 aliphatic carbocycles. The van der Waals surface area contributed by atoms with Crippen LogP contribution in [0.4, 0.5) is 0 Å². The number of rotatable bonds is 4. The second-order valence-corrected chi connectivity index (χ2v) is 5.81. The van der Waals surface area contributed by atoms with Gasteiger partial charge in [0, 0.05) is 0 Å². The molecule has 0 N–H and O–H groups in total. The summed E-state index contributed by atoms with van der Waals surface area (Å²) in [5.74, 6) is 0. The lowest BCUT2D eigenvalue weighted by Crippen LogP contribution is -1.96. The highest BCUT2D eigenvalue weighted by atomic mass is 14.3. The van der Waals surface area contributed by atoms with Crippen molar-refractivity contribution in [3.63, 3.8) is 0 Å². The Kier molecular flexibility index (Phi) is 3.96. The third kappa shape index (κ3) is 2.33. The van der Waals surface area contributed by atoms with Gasteiger partial charge in [-0.1, -0.05) is 68.8 Å². The van der Waals surface area contributed by atoms with Crippen molar-refractivity contribution < 1.29 is 0 Å². The summed E-state index contributed by atoms with van der Waals surface area (Å²) in [6.45, 7) is 6.86. The Morgan fingerprint density at radius 2 is 1.52 bits per heavy atom. The monoisotopic (exact) mass is 276 g/mol. The molecule has 0 fully saturated rings. The molecule has 0 spiro atoms. The number of benzene rings is 2. The molecule has 0 unspecified atom stereocenters. The maximum atomic E-state index is 2.33. The van der Waals surface area contributed by atoms with Crippen molar-refractivity contribution in [2.75, 3.05) is 0 Å². The lowest BCUT2D eigenvalue weighted by molar-refractivity contribution is 0.964. The normalized spacial score (nSPS) is 12.0. The molecule has 108 valence electrons. The van der Waals surface area contributed by atoms with E-state index < -0.39 is 0 Å². The largest absolute Gasteiger partial charge is 0.0670 e. The Morgan fingerprint density at radius 3 is 2.24 bits per heavy atom. The summed E-state index contributed by atoms with van der Waals surface area (Å²) in [6.07, 6.45) is 4.54. The molecule has 0 heteroatoms. The van der Waals surface area contributed by atoms with Crippen LogP contribution >= 0.6 is 0 Å². The van der Waals surface area contributed by atoms with Gasteiger partial charge in [-0.15, -0.1) is 0 Å². The molecule has 0 atom stereocenters. The Hall–Kier alpha value is -1.82. The fraction of sp³-hybridized carbons (Fsp3) is 0.333. The predicted molar refractivity (Wildman–Crippen MR) is 92.5 cm³/mol. The Morgan fingerprint density at radius 1 is 0.810 bits per heavy atom. The maximum absolute atomic E-state index is 2.33. The zero-order chi connectivity index (χ0) is 14.8. The number of hydrogen-bond donors (Lipinski definition) is 0. The van der Waals surface area contributed by atoms with Crippen molar-refractivity contribution in [2.45, 2.75) is 46.5 Å². The first-order valence-corrected chi connectivity index (χ1v) is 8.21. The van der Waals surface area contributed by atoms with Crippen LogP contribution in [0.15, 0.2) is 48.0 Å². The van der Waals surface area contributed by atoms with Gasteiger partial charge < -0.3 is 0 Å². The summed E-state index contributed by atoms with van der Waals surface area (Å²) in [7, 11) is 0. The molecule has 0 bridgehead atoms. The second-order valence-electron chi connectivity index (χ2n) is 5.81. The third-order valence-electron chi connectivity index (χ3n) is 4.81. The van der Waals surface area contributed by atoms with Gasteiger partial charge in [0.15, 0.2) is 0 Å². The molecule has 0 saturated heterocycles. The van der Waals surface area contributed by atoms with E-state index in [4.69, 9.17) is 0 Å². The van der Waals surface area contributed by atoms with Crippen LogP contribution in [-0.2, 0) is 6.42 Å². The summed E-state index contributed by atoms with van der Waals surface area (Å²) < 4.78 is 0. The molecule has 0 aliphatic heterocycles. The zero-order valence-corrected chi connectivity index (χ0v) is 13.4. The van der Waals surface area contributed by atoms with Gasteiger partial charge in [0.25, 0.3) is 0 Å². The molecule has 0 amide bonds. The molecular weight excluding hydrogens is 252 g/mol. The van der Waals surface area contributed by atoms with Gasteiger partial charge in [0.2, 0.25) is 0 Å². The molecule has 0 aromatic heterocycles. The van der Waals surface area contributed by atoms with E-state index in [-0.39, 0.29) is 0 Å². The van der Waals surface area contributed by atoms with Crippen LogP contribution in [-0.4, -0.2) is 0 Å². The van der Waals surface area contributed by atoms with Gasteiger partial charge in [-0.3, -0.25) is 0 Å². The molecular formula is C21H24. The lowest BCUT2D eigenvalue weighted by Gasteiger charge is -2.16. The van der Waals surface area contributed by atoms with Gasteiger partial charge in [-0.25, -0.2) is 0 Å². The smallest absolute Gasteiger partial charge is 0.000740 e. The van der Waals surface area contributed by atoms with Crippen LogP contribution in [0.5, 0.6) is 0 Å². The average Bonchev–Trinajstić information content (AvgIpc) is 2.91. The first-order chi connectivity index (χ1) is 10.3. The van der Waals surface area contributed by atoms with Crippen molar-refractivity contribution >= 4 is 5.57 Å². The number of allylic oxidation sites excluding steroid dienone is 2. The van der Waals surface area contributed by atoms with Crippen LogP contribution < -0.4 is 0 Å². The Bertz CT molecular complexity index is 683. The average molecular weight is 276 g/mol. The molecule has 2 aromatic rings. The highest BCUT2D eigenvalue weighted by Gasteiger charge is 2.21. The molecule has 3 rings (SSSR count). The fourth-order valence-electron chi connectivity index (χ4n) is 3.75. The van der Waals surface area contributed by atoms with E-state index in [1.807, 2.05) is 0 Å². The van der Waals surface area contributed by atoms with E-state index in [1.54, 1.807) is 11.1 Å². The van der Waals surface area contributed by atoms with E-state index in [0.29, 0.717) is 0 Å². The van der Waals surface area contributed by atoms with Crippen LogP contribution in [0.3, 0.4) is 0 Å². The summed E-state index contributed by atoms with van der Waals surface area (Å²) >= 11 is 0. The van der Waals surface area contributed by atoms with Crippen LogP contribution in [0.25, 0.3) is 16.7 Å². The summed E-state index contributed by atoms with van der Waals surface area (Å²) in [6, 6.07) is 15.7. The SMILES string of the molecule is CCC(CC)=C(CC)c1cccc2c1Cc1ccccc1-2. The molecule has 0 nitrogen and oxygen atoms in total. The summed E-state index contributed by atoms with van der Waals surface area (Å²) in [5.41, 5.74) is 10.6. The van der Waals surface area contributed by atoms with Gasteiger partial charge in [0.1, 0.15) is 0 Å². The molecule has 0 heterocycles. The van der Waals surface area contributed by atoms with E-state index in [9.17, 15) is 0 Å². The van der Waals surface area contributed by atoms with Crippen molar-refractivity contribution in [1.82, 2.24) is 0 Å². The molecule has 21 heavy (non-hydrogen) atoms. The maximum Gasteiger partial charge on any atom is -0.000740 e. The van der Waals surface area contributed by atoms with E-state index >= 15 is 0 Å². The van der Waals surface area contributed by atoms with Gasteiger partial charge in [0.05, 0.1) is 0 Å². The quantitative estimate of drug-likeness (QED) is 0.529. The zero-order valence-electron chi connectivity index (χ0n) is 13.4. The van der Waals surface area contributed by atoms with Crippen LogP contribution in [0.1, 0.15) is 56.7 Å². The van der Waals surface area contributed by atoms with Gasteiger partial charge >= 0.3 is 0 Å². The van der Waals surface area contributed by atoms with E-state index in [1.165, 1.54) is 27.8 Å². The Balaban J connectivity index is 2.18. The topological polar surface area (TPSA) is 0 Å². The first kappa shape index (κ1) is 14.1. The van der Waals surface area contributed by atoms with Crippen molar-refractivity contribution in [3.05, 3.63) is 64.7 Å². The number of hydrogen-bond acceptors (Lipinski definition) is 0. The Labute approximate surface area is 128 Å². The summed E-state index contributed by atoms with van der Waals surface area (Å²) in [5, 5.41) is 0.